The van der Waals surface area contributed by atoms with Crippen LogP contribution in [0.5, 0.6) is 11.5 Å². The summed E-state index contributed by atoms with van der Waals surface area (Å²) in [5, 5.41) is 6.78. The third-order valence-corrected chi connectivity index (χ3v) is 5.11. The summed E-state index contributed by atoms with van der Waals surface area (Å²) in [5.74, 6) is 1.38. The molecule has 4 rings (SSSR count). The molecule has 30 heavy (non-hydrogen) atoms. The second-order valence-corrected chi connectivity index (χ2v) is 7.01. The Balaban J connectivity index is 1.61. The molecule has 4 nitrogen and oxygen atoms in total. The summed E-state index contributed by atoms with van der Waals surface area (Å²) >= 11 is 0. The van der Waals surface area contributed by atoms with Gasteiger partial charge in [0.15, 0.2) is 0 Å². The Kier molecular flexibility index (Phi) is 5.80. The molecule has 0 spiro atoms. The maximum atomic E-state index is 13.4. The van der Waals surface area contributed by atoms with E-state index in [2.05, 4.69) is 0 Å². The average Bonchev–Trinajstić information content (AvgIpc) is 3.23. The highest BCUT2D eigenvalue weighted by Gasteiger charge is 2.28. The summed E-state index contributed by atoms with van der Waals surface area (Å²) in [4.78, 5) is 0. The van der Waals surface area contributed by atoms with Crippen molar-refractivity contribution in [3.8, 4) is 11.5 Å². The molecule has 3 aromatic carbocycles. The lowest BCUT2D eigenvalue weighted by Gasteiger charge is -2.24. The molecule has 1 unspecified atom stereocenters. The van der Waals surface area contributed by atoms with Gasteiger partial charge in [0.05, 0.1) is 31.7 Å². The van der Waals surface area contributed by atoms with Crippen LogP contribution in [0.25, 0.3) is 6.08 Å². The zero-order chi connectivity index (χ0) is 20.9. The monoisotopic (exact) mass is 402 g/mol. The smallest absolute Gasteiger partial charge is 0.123 e. The molecular weight excluding hydrogens is 379 g/mol. The van der Waals surface area contributed by atoms with E-state index < -0.39 is 0 Å². The predicted octanol–water partition coefficient (Wildman–Crippen LogP) is 5.86. The molecule has 1 aliphatic rings. The summed E-state index contributed by atoms with van der Waals surface area (Å²) < 4.78 is 23.9. The van der Waals surface area contributed by atoms with Crippen molar-refractivity contribution in [2.24, 2.45) is 5.10 Å². The number of hydrazone groups is 1. The van der Waals surface area contributed by atoms with Gasteiger partial charge >= 0.3 is 0 Å². The zero-order valence-electron chi connectivity index (χ0n) is 17.0. The second-order valence-electron chi connectivity index (χ2n) is 7.01. The Labute approximate surface area is 175 Å². The van der Waals surface area contributed by atoms with Crippen molar-refractivity contribution >= 4 is 17.5 Å². The van der Waals surface area contributed by atoms with Crippen LogP contribution in [0.3, 0.4) is 0 Å². The first-order chi connectivity index (χ1) is 14.7. The number of ether oxygens (including phenoxy) is 2. The van der Waals surface area contributed by atoms with Gasteiger partial charge in [0.2, 0.25) is 0 Å². The van der Waals surface area contributed by atoms with Gasteiger partial charge in [-0.25, -0.2) is 4.39 Å². The summed E-state index contributed by atoms with van der Waals surface area (Å²) in [6.07, 6.45) is 4.82. The highest BCUT2D eigenvalue weighted by Crippen LogP contribution is 2.36. The van der Waals surface area contributed by atoms with Gasteiger partial charge in [-0.1, -0.05) is 30.3 Å². The molecule has 0 saturated carbocycles. The highest BCUT2D eigenvalue weighted by atomic mass is 19.1. The molecule has 1 aliphatic heterocycles. The van der Waals surface area contributed by atoms with Crippen LogP contribution in [0.15, 0.2) is 84.0 Å². The number of allylic oxidation sites excluding steroid dienone is 1. The van der Waals surface area contributed by atoms with Crippen molar-refractivity contribution in [1.29, 1.82) is 0 Å². The van der Waals surface area contributed by atoms with Gasteiger partial charge in [-0.3, -0.25) is 5.01 Å². The van der Waals surface area contributed by atoms with Gasteiger partial charge in [-0.2, -0.15) is 5.10 Å². The Hall–Kier alpha value is -3.60. The lowest BCUT2D eigenvalue weighted by molar-refractivity contribution is 0.414. The van der Waals surface area contributed by atoms with Crippen LogP contribution in [-0.4, -0.2) is 19.9 Å². The molecule has 0 saturated heterocycles. The Morgan fingerprint density at radius 2 is 1.43 bits per heavy atom. The number of hydrogen-bond donors (Lipinski definition) is 0. The molecule has 0 bridgehead atoms. The maximum Gasteiger partial charge on any atom is 0.123 e. The summed E-state index contributed by atoms with van der Waals surface area (Å²) in [5.41, 5.74) is 4.00. The largest absolute Gasteiger partial charge is 0.497 e. The van der Waals surface area contributed by atoms with E-state index in [9.17, 15) is 4.39 Å². The molecule has 1 atom stereocenters. The van der Waals surface area contributed by atoms with Gasteiger partial charge in [-0.05, 0) is 65.7 Å². The molecule has 3 aromatic rings. The molecule has 152 valence electrons. The minimum Gasteiger partial charge on any atom is -0.497 e. The molecule has 0 radical (unpaired) electrons. The number of hydrogen-bond acceptors (Lipinski definition) is 4. The molecule has 0 aromatic heterocycles. The molecule has 0 fully saturated rings. The lowest BCUT2D eigenvalue weighted by Crippen LogP contribution is -2.18. The number of benzene rings is 3. The molecule has 0 aliphatic carbocycles. The molecular formula is C25H23FN2O2. The molecule has 5 heteroatoms. The fourth-order valence-corrected chi connectivity index (χ4v) is 3.46. The fraction of sp³-hybridized carbons (Fsp3) is 0.160. The number of nitrogens with zero attached hydrogens (tertiary/aromatic N) is 2. The third kappa shape index (κ3) is 4.35. The Bertz CT molecular complexity index is 1040. The first-order valence-corrected chi connectivity index (χ1v) is 9.74. The molecule has 1 heterocycles. The van der Waals surface area contributed by atoms with Gasteiger partial charge in [-0.15, -0.1) is 0 Å². The van der Waals surface area contributed by atoms with Gasteiger partial charge in [0, 0.05) is 6.42 Å². The number of halogens is 1. The number of methoxy groups -OCH3 is 2. The van der Waals surface area contributed by atoms with Crippen LogP contribution in [0.2, 0.25) is 0 Å². The Morgan fingerprint density at radius 3 is 2.03 bits per heavy atom. The highest BCUT2D eigenvalue weighted by molar-refractivity contribution is 6.01. The van der Waals surface area contributed by atoms with E-state index in [0.717, 1.165) is 40.4 Å². The van der Waals surface area contributed by atoms with E-state index in [1.54, 1.807) is 26.4 Å². The van der Waals surface area contributed by atoms with Crippen molar-refractivity contribution in [3.63, 3.8) is 0 Å². The minimum absolute atomic E-state index is 0.0249. The van der Waals surface area contributed by atoms with E-state index in [1.165, 1.54) is 12.1 Å². The van der Waals surface area contributed by atoms with Crippen LogP contribution < -0.4 is 14.5 Å². The van der Waals surface area contributed by atoms with Gasteiger partial charge < -0.3 is 9.47 Å². The third-order valence-electron chi connectivity index (χ3n) is 5.11. The Morgan fingerprint density at radius 1 is 0.833 bits per heavy atom. The topological polar surface area (TPSA) is 34.1 Å². The van der Waals surface area contributed by atoms with Gasteiger partial charge in [0.25, 0.3) is 0 Å². The zero-order valence-corrected chi connectivity index (χ0v) is 17.0. The number of anilines is 1. The van der Waals surface area contributed by atoms with E-state index in [-0.39, 0.29) is 11.9 Å². The standard InChI is InChI=1S/C25H23FN2O2/c1-29-23-13-4-18(5-14-23)3-10-21-17-25(19-6-15-24(30-2)16-7-19)28(27-21)22-11-8-20(26)9-12-22/h3-16,25H,17H2,1-2H3/b10-3+. The van der Waals surface area contributed by atoms with E-state index in [1.807, 2.05) is 65.7 Å². The van der Waals surface area contributed by atoms with Crippen LogP contribution in [-0.2, 0) is 0 Å². The predicted molar refractivity (Wildman–Crippen MR) is 119 cm³/mol. The normalized spacial score (nSPS) is 16.0. The van der Waals surface area contributed by atoms with Crippen LogP contribution in [0.1, 0.15) is 23.6 Å². The van der Waals surface area contributed by atoms with Crippen molar-refractivity contribution in [2.45, 2.75) is 12.5 Å². The summed E-state index contributed by atoms with van der Waals surface area (Å²) in [7, 11) is 3.31. The van der Waals surface area contributed by atoms with Crippen LogP contribution >= 0.6 is 0 Å². The van der Waals surface area contributed by atoms with E-state index in [4.69, 9.17) is 14.6 Å². The first-order valence-electron chi connectivity index (χ1n) is 9.74. The van der Waals surface area contributed by atoms with Gasteiger partial charge in [0.1, 0.15) is 17.3 Å². The maximum absolute atomic E-state index is 13.4. The van der Waals surface area contributed by atoms with Crippen molar-refractivity contribution in [3.05, 3.63) is 95.8 Å². The fourth-order valence-electron chi connectivity index (χ4n) is 3.46. The van der Waals surface area contributed by atoms with Crippen molar-refractivity contribution < 1.29 is 13.9 Å². The van der Waals surface area contributed by atoms with Crippen molar-refractivity contribution in [2.75, 3.05) is 19.2 Å². The second kappa shape index (κ2) is 8.82. The quantitative estimate of drug-likeness (QED) is 0.518. The number of rotatable bonds is 6. The molecule has 0 amide bonds. The van der Waals surface area contributed by atoms with Crippen LogP contribution in [0, 0.1) is 5.82 Å². The lowest BCUT2D eigenvalue weighted by atomic mass is 10.0. The SMILES string of the molecule is COc1ccc(/C=C/C2=NN(c3ccc(F)cc3)C(c3ccc(OC)cc3)C2)cc1. The van der Waals surface area contributed by atoms with Crippen molar-refractivity contribution in [1.82, 2.24) is 0 Å². The van der Waals surface area contributed by atoms with E-state index >= 15 is 0 Å². The average molecular weight is 402 g/mol. The first kappa shape index (κ1) is 19.7. The molecule has 0 N–H and O–H groups in total. The minimum atomic E-state index is -0.262. The van der Waals surface area contributed by atoms with E-state index in [0.29, 0.717) is 0 Å². The summed E-state index contributed by atoms with van der Waals surface area (Å²) in [6, 6.07) is 22.3. The van der Waals surface area contributed by atoms with Crippen LogP contribution in [0.4, 0.5) is 10.1 Å². The summed E-state index contributed by atoms with van der Waals surface area (Å²) in [6.45, 7) is 0.